The average molecular weight is 465 g/mol. The Morgan fingerprint density at radius 3 is 2.70 bits per heavy atom. The molecule has 0 unspecified atom stereocenters. The molecule has 0 amide bonds. The quantitative estimate of drug-likeness (QED) is 0.301. The van der Waals surface area contributed by atoms with Crippen molar-refractivity contribution in [2.75, 3.05) is 20.3 Å². The van der Waals surface area contributed by atoms with Gasteiger partial charge in [0.2, 0.25) is 0 Å². The van der Waals surface area contributed by atoms with Gasteiger partial charge in [-0.05, 0) is 60.4 Å². The van der Waals surface area contributed by atoms with E-state index in [0.717, 1.165) is 28.0 Å². The fourth-order valence-electron chi connectivity index (χ4n) is 3.47. The second-order valence-electron chi connectivity index (χ2n) is 7.50. The summed E-state index contributed by atoms with van der Waals surface area (Å²) in [5.74, 6) is 1.50. The molecular formula is C27H29ClN2O3. The van der Waals surface area contributed by atoms with Gasteiger partial charge in [0.25, 0.3) is 5.56 Å². The molecule has 0 aliphatic heterocycles. The van der Waals surface area contributed by atoms with Crippen LogP contribution in [0, 0.1) is 0 Å². The van der Waals surface area contributed by atoms with Crippen LogP contribution in [0.25, 0.3) is 10.9 Å². The zero-order valence-corrected chi connectivity index (χ0v) is 19.8. The van der Waals surface area contributed by atoms with Crippen LogP contribution in [0.2, 0.25) is 5.02 Å². The first-order chi connectivity index (χ1) is 16.0. The fraction of sp³-hybridized carbons (Fsp3) is 0.222. The number of hydrogen-bond donors (Lipinski definition) is 1. The largest absolute Gasteiger partial charge is 0.497 e. The topological polar surface area (TPSA) is 52.5 Å². The lowest BCUT2D eigenvalue weighted by Gasteiger charge is -2.15. The van der Waals surface area contributed by atoms with Crippen LogP contribution in [0.5, 0.6) is 5.75 Å². The van der Waals surface area contributed by atoms with Gasteiger partial charge in [-0.15, -0.1) is 0 Å². The highest BCUT2D eigenvalue weighted by Crippen LogP contribution is 2.19. The first kappa shape index (κ1) is 24.4. The monoisotopic (exact) mass is 464 g/mol. The van der Waals surface area contributed by atoms with Crippen molar-refractivity contribution in [2.24, 2.45) is 0 Å². The van der Waals surface area contributed by atoms with E-state index < -0.39 is 0 Å². The molecule has 33 heavy (non-hydrogen) atoms. The maximum absolute atomic E-state index is 13.3. The Hall–Kier alpha value is -3.28. The Balaban J connectivity index is 1.76. The van der Waals surface area contributed by atoms with Crippen molar-refractivity contribution in [3.8, 4) is 5.75 Å². The number of halogens is 1. The number of nitrogens with zero attached hydrogens (tertiary/aromatic N) is 1. The summed E-state index contributed by atoms with van der Waals surface area (Å²) in [4.78, 5) is 13.3. The van der Waals surface area contributed by atoms with Gasteiger partial charge in [-0.25, -0.2) is 0 Å². The lowest BCUT2D eigenvalue weighted by atomic mass is 10.1. The lowest BCUT2D eigenvalue weighted by molar-refractivity contribution is 0.298. The van der Waals surface area contributed by atoms with E-state index in [-0.39, 0.29) is 5.56 Å². The summed E-state index contributed by atoms with van der Waals surface area (Å²) < 4.78 is 12.8. The van der Waals surface area contributed by atoms with Crippen LogP contribution < -0.4 is 15.6 Å². The number of nitrogens with one attached hydrogen (secondary N) is 1. The van der Waals surface area contributed by atoms with Crippen LogP contribution in [0.15, 0.2) is 95.5 Å². The number of rotatable bonds is 11. The summed E-state index contributed by atoms with van der Waals surface area (Å²) in [7, 11) is 1.62. The van der Waals surface area contributed by atoms with Gasteiger partial charge in [0.15, 0.2) is 0 Å². The van der Waals surface area contributed by atoms with Crippen LogP contribution in [-0.2, 0) is 17.8 Å². The van der Waals surface area contributed by atoms with E-state index in [1.54, 1.807) is 11.7 Å². The molecule has 0 spiro atoms. The number of aromatic nitrogens is 1. The average Bonchev–Trinajstić information content (AvgIpc) is 2.81. The Kier molecular flexibility index (Phi) is 8.93. The Bertz CT molecular complexity index is 1210. The van der Waals surface area contributed by atoms with Crippen molar-refractivity contribution in [1.29, 1.82) is 0 Å². The van der Waals surface area contributed by atoms with Crippen LogP contribution in [-0.4, -0.2) is 24.8 Å². The maximum Gasteiger partial charge on any atom is 0.255 e. The third kappa shape index (κ3) is 6.85. The molecule has 3 aromatic rings. The molecule has 0 saturated heterocycles. The summed E-state index contributed by atoms with van der Waals surface area (Å²) >= 11 is 6.22. The normalized spacial score (nSPS) is 11.8. The molecule has 0 bridgehead atoms. The molecule has 6 heteroatoms. The highest BCUT2D eigenvalue weighted by atomic mass is 35.5. The number of methoxy groups -OCH3 is 1. The SMILES string of the molecule is C=C(/C=C(\C=C/C)OC)CNCc1cc2ccc(Cl)cc2n(CCOc2ccccc2)c1=O. The first-order valence-electron chi connectivity index (χ1n) is 10.8. The number of fused-ring (bicyclic) bond motifs is 1. The highest BCUT2D eigenvalue weighted by molar-refractivity contribution is 6.31. The number of para-hydroxylation sites is 1. The Labute approximate surface area is 199 Å². The summed E-state index contributed by atoms with van der Waals surface area (Å²) in [6.45, 7) is 7.71. The van der Waals surface area contributed by atoms with Gasteiger partial charge in [0.05, 0.1) is 19.2 Å². The summed E-state index contributed by atoms with van der Waals surface area (Å²) in [6, 6.07) is 17.0. The molecule has 0 saturated carbocycles. The molecule has 1 N–H and O–H groups in total. The molecule has 1 heterocycles. The van der Waals surface area contributed by atoms with Gasteiger partial charge in [0, 0.05) is 23.7 Å². The van der Waals surface area contributed by atoms with E-state index >= 15 is 0 Å². The maximum atomic E-state index is 13.3. The number of hydrogen-bond acceptors (Lipinski definition) is 4. The summed E-state index contributed by atoms with van der Waals surface area (Å²) in [5.41, 5.74) is 2.24. The smallest absolute Gasteiger partial charge is 0.255 e. The van der Waals surface area contributed by atoms with Crippen LogP contribution in [0.3, 0.4) is 0 Å². The lowest BCUT2D eigenvalue weighted by Crippen LogP contribution is -2.29. The molecule has 172 valence electrons. The van der Waals surface area contributed by atoms with Gasteiger partial charge in [-0.2, -0.15) is 0 Å². The molecule has 0 atom stereocenters. The number of benzene rings is 2. The second-order valence-corrected chi connectivity index (χ2v) is 7.94. The van der Waals surface area contributed by atoms with E-state index in [1.807, 2.05) is 79.7 Å². The minimum absolute atomic E-state index is 0.0680. The van der Waals surface area contributed by atoms with Gasteiger partial charge >= 0.3 is 0 Å². The molecule has 2 aromatic carbocycles. The molecule has 3 rings (SSSR count). The van der Waals surface area contributed by atoms with E-state index in [4.69, 9.17) is 21.1 Å². The highest BCUT2D eigenvalue weighted by Gasteiger charge is 2.10. The zero-order valence-electron chi connectivity index (χ0n) is 19.0. The standard InChI is InChI=1S/C27H29ClN2O3/c1-4-8-25(32-3)15-20(2)18-29-19-22-16-21-11-12-23(28)17-26(21)30(27(22)31)13-14-33-24-9-6-5-7-10-24/h4-12,15-17,29H,2,13-14,18-19H2,1,3H3/b8-4-,25-15+. The first-order valence-corrected chi connectivity index (χ1v) is 11.2. The van der Waals surface area contributed by atoms with E-state index in [2.05, 4.69) is 11.9 Å². The summed E-state index contributed by atoms with van der Waals surface area (Å²) in [5, 5.41) is 4.84. The molecule has 0 aliphatic carbocycles. The van der Waals surface area contributed by atoms with E-state index in [0.29, 0.717) is 36.8 Å². The molecular weight excluding hydrogens is 436 g/mol. The van der Waals surface area contributed by atoms with Gasteiger partial charge in [-0.1, -0.05) is 48.5 Å². The predicted molar refractivity (Wildman–Crippen MR) is 136 cm³/mol. The Morgan fingerprint density at radius 2 is 1.97 bits per heavy atom. The summed E-state index contributed by atoms with van der Waals surface area (Å²) in [6.07, 6.45) is 5.64. The van der Waals surface area contributed by atoms with Crippen molar-refractivity contribution >= 4 is 22.5 Å². The second kappa shape index (κ2) is 12.1. The van der Waals surface area contributed by atoms with Crippen LogP contribution in [0.1, 0.15) is 12.5 Å². The third-order valence-electron chi connectivity index (χ3n) is 5.04. The van der Waals surface area contributed by atoms with Crippen LogP contribution >= 0.6 is 11.6 Å². The Morgan fingerprint density at radius 1 is 1.18 bits per heavy atom. The molecule has 0 fully saturated rings. The fourth-order valence-corrected chi connectivity index (χ4v) is 3.64. The van der Waals surface area contributed by atoms with Crippen molar-refractivity contribution in [3.63, 3.8) is 0 Å². The van der Waals surface area contributed by atoms with Gasteiger partial charge in [-0.3, -0.25) is 4.79 Å². The zero-order chi connectivity index (χ0) is 23.6. The number of allylic oxidation sites excluding steroid dienone is 2. The number of pyridine rings is 1. The van der Waals surface area contributed by atoms with Gasteiger partial charge in [0.1, 0.15) is 18.1 Å². The van der Waals surface area contributed by atoms with Crippen molar-refractivity contribution < 1.29 is 9.47 Å². The van der Waals surface area contributed by atoms with Crippen molar-refractivity contribution in [1.82, 2.24) is 9.88 Å². The van der Waals surface area contributed by atoms with Gasteiger partial charge < -0.3 is 19.4 Å². The molecule has 1 aromatic heterocycles. The molecule has 0 radical (unpaired) electrons. The minimum Gasteiger partial charge on any atom is -0.497 e. The number of ether oxygens (including phenoxy) is 2. The van der Waals surface area contributed by atoms with E-state index in [1.165, 1.54) is 0 Å². The van der Waals surface area contributed by atoms with E-state index in [9.17, 15) is 4.79 Å². The van der Waals surface area contributed by atoms with Crippen LogP contribution in [0.4, 0.5) is 0 Å². The predicted octanol–water partition coefficient (Wildman–Crippen LogP) is 5.49. The van der Waals surface area contributed by atoms with Crippen molar-refractivity contribution in [2.45, 2.75) is 20.0 Å². The van der Waals surface area contributed by atoms with Crippen molar-refractivity contribution in [3.05, 3.63) is 112 Å². The molecule has 5 nitrogen and oxygen atoms in total. The minimum atomic E-state index is -0.0680. The molecule has 0 aliphatic rings. The third-order valence-corrected chi connectivity index (χ3v) is 5.28.